The largest absolute Gasteiger partial charge is 0.311 e. The first kappa shape index (κ1) is 13.5. The van der Waals surface area contributed by atoms with Crippen LogP contribution in [0.25, 0.3) is 0 Å². The van der Waals surface area contributed by atoms with Gasteiger partial charge < -0.3 is 5.32 Å². The summed E-state index contributed by atoms with van der Waals surface area (Å²) < 4.78 is 0. The minimum Gasteiger partial charge on any atom is -0.311 e. The maximum Gasteiger partial charge on any atom is 0.0336 e. The molecule has 0 bridgehead atoms. The molecule has 18 heavy (non-hydrogen) atoms. The Morgan fingerprint density at radius 3 is 3.00 bits per heavy atom. The van der Waals surface area contributed by atoms with Crippen molar-refractivity contribution in [1.82, 2.24) is 15.2 Å². The van der Waals surface area contributed by atoms with Crippen molar-refractivity contribution < 1.29 is 0 Å². The van der Waals surface area contributed by atoms with Crippen LogP contribution in [-0.2, 0) is 0 Å². The van der Waals surface area contributed by atoms with Gasteiger partial charge in [-0.1, -0.05) is 26.3 Å². The third-order valence-corrected chi connectivity index (χ3v) is 4.28. The summed E-state index contributed by atoms with van der Waals surface area (Å²) in [7, 11) is 0. The van der Waals surface area contributed by atoms with Crippen LogP contribution in [0.3, 0.4) is 0 Å². The van der Waals surface area contributed by atoms with Crippen molar-refractivity contribution in [3.8, 4) is 0 Å². The Hall–Kier alpha value is -0.930. The first-order valence-electron chi connectivity index (χ1n) is 7.09. The molecular formula is C15H25N3. The quantitative estimate of drug-likeness (QED) is 0.886. The number of rotatable bonds is 4. The normalized spacial score (nSPS) is 24.7. The second kappa shape index (κ2) is 6.30. The number of nitrogens with one attached hydrogen (secondary N) is 1. The van der Waals surface area contributed by atoms with Gasteiger partial charge in [0.15, 0.2) is 0 Å². The van der Waals surface area contributed by atoms with E-state index in [0.29, 0.717) is 12.1 Å². The Bertz CT molecular complexity index is 352. The van der Waals surface area contributed by atoms with Crippen LogP contribution >= 0.6 is 0 Å². The molecule has 2 rings (SSSR count). The van der Waals surface area contributed by atoms with Gasteiger partial charge in [-0.25, -0.2) is 0 Å². The summed E-state index contributed by atoms with van der Waals surface area (Å²) in [5.41, 5.74) is 1.32. The Balaban J connectivity index is 2.00. The van der Waals surface area contributed by atoms with Crippen LogP contribution in [0.4, 0.5) is 0 Å². The van der Waals surface area contributed by atoms with Gasteiger partial charge in [0, 0.05) is 44.1 Å². The summed E-state index contributed by atoms with van der Waals surface area (Å²) in [6.07, 6.45) is 5.08. The molecule has 3 nitrogen and oxygen atoms in total. The van der Waals surface area contributed by atoms with Crippen molar-refractivity contribution in [2.75, 3.05) is 19.6 Å². The molecule has 0 aliphatic carbocycles. The molecule has 0 radical (unpaired) electrons. The molecule has 0 saturated carbocycles. The van der Waals surface area contributed by atoms with E-state index in [-0.39, 0.29) is 0 Å². The predicted octanol–water partition coefficient (Wildman–Crippen LogP) is 2.46. The third-order valence-electron chi connectivity index (χ3n) is 4.28. The zero-order chi connectivity index (χ0) is 13.0. The van der Waals surface area contributed by atoms with E-state index in [4.69, 9.17) is 0 Å². The lowest BCUT2D eigenvalue weighted by molar-refractivity contribution is 0.130. The van der Waals surface area contributed by atoms with Gasteiger partial charge in [0.25, 0.3) is 0 Å². The first-order valence-corrected chi connectivity index (χ1v) is 7.09. The molecule has 1 fully saturated rings. The Kier molecular flexibility index (Phi) is 4.72. The fraction of sp³-hybridized carbons (Fsp3) is 0.667. The molecule has 1 N–H and O–H groups in total. The van der Waals surface area contributed by atoms with E-state index >= 15 is 0 Å². The fourth-order valence-corrected chi connectivity index (χ4v) is 2.65. The van der Waals surface area contributed by atoms with E-state index in [1.54, 1.807) is 0 Å². The molecule has 2 heterocycles. The van der Waals surface area contributed by atoms with Gasteiger partial charge in [-0.05, 0) is 24.5 Å². The van der Waals surface area contributed by atoms with Gasteiger partial charge in [0.1, 0.15) is 0 Å². The van der Waals surface area contributed by atoms with Crippen molar-refractivity contribution in [2.45, 2.75) is 39.3 Å². The van der Waals surface area contributed by atoms with Crippen molar-refractivity contribution in [2.24, 2.45) is 5.92 Å². The second-order valence-corrected chi connectivity index (χ2v) is 5.40. The molecule has 3 heteroatoms. The van der Waals surface area contributed by atoms with Gasteiger partial charge in [-0.15, -0.1) is 0 Å². The van der Waals surface area contributed by atoms with Crippen LogP contribution in [0.15, 0.2) is 24.5 Å². The highest BCUT2D eigenvalue weighted by Crippen LogP contribution is 2.22. The predicted molar refractivity (Wildman–Crippen MR) is 75.5 cm³/mol. The molecule has 1 aromatic heterocycles. The lowest BCUT2D eigenvalue weighted by Crippen LogP contribution is -2.53. The highest BCUT2D eigenvalue weighted by molar-refractivity contribution is 5.13. The molecule has 0 spiro atoms. The standard InChI is InChI=1S/C15H25N3/c1-4-12(2)15-11-18(9-8-17-15)13(3)14-6-5-7-16-10-14/h5-7,10,12-13,15,17H,4,8-9,11H2,1-3H3. The molecule has 0 aromatic carbocycles. The smallest absolute Gasteiger partial charge is 0.0336 e. The van der Waals surface area contributed by atoms with Crippen molar-refractivity contribution >= 4 is 0 Å². The maximum absolute atomic E-state index is 4.23. The van der Waals surface area contributed by atoms with Gasteiger partial charge in [0.2, 0.25) is 0 Å². The zero-order valence-electron chi connectivity index (χ0n) is 11.8. The number of nitrogens with zero attached hydrogens (tertiary/aromatic N) is 2. The average Bonchev–Trinajstić information content (AvgIpc) is 2.46. The van der Waals surface area contributed by atoms with Crippen molar-refractivity contribution in [3.05, 3.63) is 30.1 Å². The summed E-state index contributed by atoms with van der Waals surface area (Å²) in [4.78, 5) is 6.80. The highest BCUT2D eigenvalue weighted by atomic mass is 15.2. The van der Waals surface area contributed by atoms with E-state index in [9.17, 15) is 0 Å². The summed E-state index contributed by atoms with van der Waals surface area (Å²) >= 11 is 0. The minimum atomic E-state index is 0.465. The third kappa shape index (κ3) is 3.09. The summed E-state index contributed by atoms with van der Waals surface area (Å²) in [5, 5.41) is 3.65. The lowest BCUT2D eigenvalue weighted by atomic mass is 9.96. The average molecular weight is 247 g/mol. The van der Waals surface area contributed by atoms with Crippen molar-refractivity contribution in [3.63, 3.8) is 0 Å². The second-order valence-electron chi connectivity index (χ2n) is 5.40. The van der Waals surface area contributed by atoms with E-state index < -0.39 is 0 Å². The summed E-state index contributed by atoms with van der Waals surface area (Å²) in [6.45, 7) is 10.3. The molecule has 0 amide bonds. The van der Waals surface area contributed by atoms with Gasteiger partial charge in [-0.2, -0.15) is 0 Å². The molecule has 3 atom stereocenters. The number of piperazine rings is 1. The highest BCUT2D eigenvalue weighted by Gasteiger charge is 2.26. The monoisotopic (exact) mass is 247 g/mol. The first-order chi connectivity index (χ1) is 8.72. The van der Waals surface area contributed by atoms with Gasteiger partial charge in [0.05, 0.1) is 0 Å². The summed E-state index contributed by atoms with van der Waals surface area (Å²) in [6, 6.07) is 5.30. The van der Waals surface area contributed by atoms with E-state index in [1.165, 1.54) is 12.0 Å². The van der Waals surface area contributed by atoms with Gasteiger partial charge in [-0.3, -0.25) is 9.88 Å². The molecule has 1 aromatic rings. The molecule has 3 unspecified atom stereocenters. The maximum atomic E-state index is 4.23. The summed E-state index contributed by atoms with van der Waals surface area (Å²) in [5.74, 6) is 0.744. The number of hydrogen-bond donors (Lipinski definition) is 1. The number of aromatic nitrogens is 1. The van der Waals surface area contributed by atoms with Crippen LogP contribution < -0.4 is 5.32 Å². The molecule has 100 valence electrons. The van der Waals surface area contributed by atoms with E-state index in [2.05, 4.69) is 42.0 Å². The van der Waals surface area contributed by atoms with Crippen LogP contribution in [0, 0.1) is 5.92 Å². The van der Waals surface area contributed by atoms with E-state index in [1.807, 2.05) is 18.5 Å². The van der Waals surface area contributed by atoms with Crippen LogP contribution in [0.1, 0.15) is 38.8 Å². The molecule has 1 aliphatic heterocycles. The van der Waals surface area contributed by atoms with Crippen LogP contribution in [-0.4, -0.2) is 35.6 Å². The molecular weight excluding hydrogens is 222 g/mol. The number of hydrogen-bond acceptors (Lipinski definition) is 3. The van der Waals surface area contributed by atoms with Crippen LogP contribution in [0.2, 0.25) is 0 Å². The zero-order valence-corrected chi connectivity index (χ0v) is 11.8. The number of pyridine rings is 1. The van der Waals surface area contributed by atoms with Crippen molar-refractivity contribution in [1.29, 1.82) is 0 Å². The van der Waals surface area contributed by atoms with Crippen LogP contribution in [0.5, 0.6) is 0 Å². The Labute approximate surface area is 111 Å². The van der Waals surface area contributed by atoms with E-state index in [0.717, 1.165) is 25.6 Å². The Morgan fingerprint density at radius 1 is 1.50 bits per heavy atom. The molecule has 1 saturated heterocycles. The topological polar surface area (TPSA) is 28.2 Å². The van der Waals surface area contributed by atoms with Gasteiger partial charge >= 0.3 is 0 Å². The SMILES string of the molecule is CCC(C)C1CN(C(C)c2cccnc2)CCN1. The Morgan fingerprint density at radius 2 is 2.33 bits per heavy atom. The lowest BCUT2D eigenvalue weighted by Gasteiger charge is -2.39. The fourth-order valence-electron chi connectivity index (χ4n) is 2.65. The minimum absolute atomic E-state index is 0.465. The molecule has 1 aliphatic rings.